The van der Waals surface area contributed by atoms with Crippen LogP contribution < -0.4 is 14.8 Å². The SMILES string of the molecule is CC[C@@H](Oc1cccc(OC)c1)C(=O)Nc1cccc(C(=O)OC)c1C. The van der Waals surface area contributed by atoms with Crippen LogP contribution in [-0.2, 0) is 9.53 Å². The van der Waals surface area contributed by atoms with Crippen LogP contribution in [0.15, 0.2) is 42.5 Å². The number of ether oxygens (including phenoxy) is 3. The van der Waals surface area contributed by atoms with E-state index < -0.39 is 12.1 Å². The molecule has 0 saturated carbocycles. The molecule has 26 heavy (non-hydrogen) atoms. The molecule has 0 aliphatic rings. The van der Waals surface area contributed by atoms with Gasteiger partial charge >= 0.3 is 5.97 Å². The molecule has 6 nitrogen and oxygen atoms in total. The largest absolute Gasteiger partial charge is 0.497 e. The Morgan fingerprint density at radius 3 is 2.42 bits per heavy atom. The van der Waals surface area contributed by atoms with Gasteiger partial charge in [-0.1, -0.05) is 19.1 Å². The van der Waals surface area contributed by atoms with E-state index >= 15 is 0 Å². The van der Waals surface area contributed by atoms with Crippen LogP contribution >= 0.6 is 0 Å². The fourth-order valence-electron chi connectivity index (χ4n) is 2.48. The normalized spacial score (nSPS) is 11.4. The van der Waals surface area contributed by atoms with E-state index in [1.807, 2.05) is 6.92 Å². The molecule has 1 N–H and O–H groups in total. The number of hydrogen-bond donors (Lipinski definition) is 1. The smallest absolute Gasteiger partial charge is 0.338 e. The zero-order valence-electron chi connectivity index (χ0n) is 15.4. The van der Waals surface area contributed by atoms with Gasteiger partial charge in [-0.3, -0.25) is 4.79 Å². The number of hydrogen-bond acceptors (Lipinski definition) is 5. The molecule has 0 aromatic heterocycles. The number of methoxy groups -OCH3 is 2. The summed E-state index contributed by atoms with van der Waals surface area (Å²) in [6.07, 6.45) is -0.193. The molecular weight excluding hydrogens is 334 g/mol. The van der Waals surface area contributed by atoms with E-state index in [2.05, 4.69) is 5.32 Å². The van der Waals surface area contributed by atoms with Crippen LogP contribution in [0.25, 0.3) is 0 Å². The van der Waals surface area contributed by atoms with Crippen LogP contribution in [0, 0.1) is 6.92 Å². The predicted octanol–water partition coefficient (Wildman–Crippen LogP) is 3.59. The summed E-state index contributed by atoms with van der Waals surface area (Å²) in [5.41, 5.74) is 1.60. The molecule has 0 fully saturated rings. The van der Waals surface area contributed by atoms with Crippen LogP contribution in [0.5, 0.6) is 11.5 Å². The molecular formula is C20H23NO5. The second-order valence-corrected chi connectivity index (χ2v) is 5.65. The fourth-order valence-corrected chi connectivity index (χ4v) is 2.48. The molecule has 138 valence electrons. The van der Waals surface area contributed by atoms with Crippen LogP contribution in [0.2, 0.25) is 0 Å². The molecule has 0 unspecified atom stereocenters. The Labute approximate surface area is 153 Å². The zero-order chi connectivity index (χ0) is 19.1. The molecule has 0 aliphatic carbocycles. The number of carbonyl (C=O) groups excluding carboxylic acids is 2. The van der Waals surface area contributed by atoms with E-state index in [4.69, 9.17) is 14.2 Å². The lowest BCUT2D eigenvalue weighted by molar-refractivity contribution is -0.122. The molecule has 0 aliphatic heterocycles. The zero-order valence-corrected chi connectivity index (χ0v) is 15.4. The molecule has 1 amide bonds. The van der Waals surface area contributed by atoms with Gasteiger partial charge in [-0.2, -0.15) is 0 Å². The highest BCUT2D eigenvalue weighted by atomic mass is 16.5. The van der Waals surface area contributed by atoms with Crippen molar-refractivity contribution in [3.05, 3.63) is 53.6 Å². The van der Waals surface area contributed by atoms with Crippen molar-refractivity contribution in [2.75, 3.05) is 19.5 Å². The molecule has 0 bridgehead atoms. The molecule has 2 aromatic rings. The summed E-state index contributed by atoms with van der Waals surface area (Å²) >= 11 is 0. The first-order chi connectivity index (χ1) is 12.5. The maximum absolute atomic E-state index is 12.6. The molecule has 2 rings (SSSR count). The Hall–Kier alpha value is -3.02. The standard InChI is InChI=1S/C20H23NO5/c1-5-18(26-15-9-6-8-14(12-15)24-3)19(22)21-17-11-7-10-16(13(17)2)20(23)25-4/h6-12,18H,5H2,1-4H3,(H,21,22)/t18-/m1/s1. The molecule has 0 spiro atoms. The van der Waals surface area contributed by atoms with Crippen LogP contribution in [0.1, 0.15) is 29.3 Å². The summed E-state index contributed by atoms with van der Waals surface area (Å²) in [4.78, 5) is 24.4. The Morgan fingerprint density at radius 2 is 1.77 bits per heavy atom. The number of carbonyl (C=O) groups is 2. The van der Waals surface area contributed by atoms with Gasteiger partial charge in [0.25, 0.3) is 5.91 Å². The first-order valence-electron chi connectivity index (χ1n) is 8.29. The van der Waals surface area contributed by atoms with Crippen molar-refractivity contribution < 1.29 is 23.8 Å². The van der Waals surface area contributed by atoms with Gasteiger partial charge in [-0.05, 0) is 43.2 Å². The van der Waals surface area contributed by atoms with Crippen LogP contribution in [0.3, 0.4) is 0 Å². The van der Waals surface area contributed by atoms with E-state index in [0.717, 1.165) is 0 Å². The Bertz CT molecular complexity index is 788. The van der Waals surface area contributed by atoms with Gasteiger partial charge in [-0.25, -0.2) is 4.79 Å². The number of amides is 1. The number of esters is 1. The lowest BCUT2D eigenvalue weighted by Crippen LogP contribution is -2.32. The summed E-state index contributed by atoms with van der Waals surface area (Å²) < 4.78 is 15.7. The minimum absolute atomic E-state index is 0.291. The van der Waals surface area contributed by atoms with E-state index in [1.165, 1.54) is 7.11 Å². The van der Waals surface area contributed by atoms with Crippen LogP contribution in [-0.4, -0.2) is 32.2 Å². The highest BCUT2D eigenvalue weighted by Crippen LogP contribution is 2.23. The third-order valence-corrected chi connectivity index (χ3v) is 3.98. The molecule has 1 atom stereocenters. The Kier molecular flexibility index (Phi) is 6.60. The first kappa shape index (κ1) is 19.3. The van der Waals surface area contributed by atoms with Gasteiger partial charge in [0.15, 0.2) is 6.10 Å². The molecule has 0 heterocycles. The van der Waals surface area contributed by atoms with Gasteiger partial charge in [0, 0.05) is 11.8 Å². The molecule has 6 heteroatoms. The third-order valence-electron chi connectivity index (χ3n) is 3.98. The van der Waals surface area contributed by atoms with E-state index in [9.17, 15) is 9.59 Å². The van der Waals surface area contributed by atoms with Crippen molar-refractivity contribution in [3.8, 4) is 11.5 Å². The summed E-state index contributed by atoms with van der Waals surface area (Å²) in [6, 6.07) is 12.2. The lowest BCUT2D eigenvalue weighted by Gasteiger charge is -2.19. The van der Waals surface area contributed by atoms with Crippen molar-refractivity contribution >= 4 is 17.6 Å². The average molecular weight is 357 g/mol. The predicted molar refractivity (Wildman–Crippen MR) is 98.8 cm³/mol. The number of nitrogens with one attached hydrogen (secondary N) is 1. The highest BCUT2D eigenvalue weighted by molar-refractivity contribution is 5.98. The summed E-state index contributed by atoms with van der Waals surface area (Å²) in [5.74, 6) is 0.462. The summed E-state index contributed by atoms with van der Waals surface area (Å²) in [7, 11) is 2.89. The number of anilines is 1. The Balaban J connectivity index is 2.15. The summed E-state index contributed by atoms with van der Waals surface area (Å²) in [6.45, 7) is 3.62. The van der Waals surface area contributed by atoms with Crippen LogP contribution in [0.4, 0.5) is 5.69 Å². The monoisotopic (exact) mass is 357 g/mol. The minimum Gasteiger partial charge on any atom is -0.497 e. The van der Waals surface area contributed by atoms with Crippen molar-refractivity contribution in [3.63, 3.8) is 0 Å². The molecule has 0 saturated heterocycles. The van der Waals surface area contributed by atoms with Gasteiger partial charge in [0.2, 0.25) is 0 Å². The lowest BCUT2D eigenvalue weighted by atomic mass is 10.1. The fraction of sp³-hybridized carbons (Fsp3) is 0.300. The summed E-state index contributed by atoms with van der Waals surface area (Å²) in [5, 5.41) is 2.83. The first-order valence-corrected chi connectivity index (χ1v) is 8.29. The van der Waals surface area contributed by atoms with E-state index in [0.29, 0.717) is 34.7 Å². The maximum atomic E-state index is 12.6. The maximum Gasteiger partial charge on any atom is 0.338 e. The number of benzene rings is 2. The average Bonchev–Trinajstić information content (AvgIpc) is 2.67. The van der Waals surface area contributed by atoms with Crippen molar-refractivity contribution in [1.82, 2.24) is 0 Å². The minimum atomic E-state index is -0.678. The van der Waals surface area contributed by atoms with Gasteiger partial charge in [0.05, 0.1) is 19.8 Å². The third kappa shape index (κ3) is 4.53. The van der Waals surface area contributed by atoms with E-state index in [-0.39, 0.29) is 5.91 Å². The highest BCUT2D eigenvalue weighted by Gasteiger charge is 2.21. The van der Waals surface area contributed by atoms with Gasteiger partial charge in [-0.15, -0.1) is 0 Å². The number of rotatable bonds is 7. The Morgan fingerprint density at radius 1 is 1.08 bits per heavy atom. The van der Waals surface area contributed by atoms with Crippen molar-refractivity contribution in [2.24, 2.45) is 0 Å². The molecule has 2 aromatic carbocycles. The van der Waals surface area contributed by atoms with Crippen molar-refractivity contribution in [2.45, 2.75) is 26.4 Å². The quantitative estimate of drug-likeness (QED) is 0.767. The van der Waals surface area contributed by atoms with Crippen molar-refractivity contribution in [1.29, 1.82) is 0 Å². The topological polar surface area (TPSA) is 73.9 Å². The second kappa shape index (κ2) is 8.89. The van der Waals surface area contributed by atoms with E-state index in [1.54, 1.807) is 56.5 Å². The van der Waals surface area contributed by atoms with Gasteiger partial charge in [0.1, 0.15) is 11.5 Å². The molecule has 0 radical (unpaired) electrons. The second-order valence-electron chi connectivity index (χ2n) is 5.65. The van der Waals surface area contributed by atoms with Gasteiger partial charge < -0.3 is 19.5 Å².